The molecule has 24 nitrogen and oxygen atoms in total. The minimum atomic E-state index is -1.11. The highest BCUT2D eigenvalue weighted by Gasteiger charge is 2.27. The van der Waals surface area contributed by atoms with Crippen LogP contribution in [0.1, 0.15) is 53.4 Å². The standard InChI is InChI=1S/2C5H12O4.8C3H6O2S/c2*6-1-5(2-7,3-8)4-9;4*1-2(6)3(4)5;4*4-3(5)1-2-6/h2*6-9H,1-4H2;4*2,6H,1H3,(H,4,5);4*6H,1-2H2,(H,4,5). The number of hydrogen-bond donors (Lipinski definition) is 24. The maximum atomic E-state index is 9.62. The van der Waals surface area contributed by atoms with Crippen LogP contribution in [0.5, 0.6) is 0 Å². The van der Waals surface area contributed by atoms with Crippen LogP contribution in [0.15, 0.2) is 0 Å². The van der Waals surface area contributed by atoms with Crippen LogP contribution >= 0.6 is 101 Å². The van der Waals surface area contributed by atoms with E-state index in [4.69, 9.17) is 81.7 Å². The molecule has 0 bridgehead atoms. The molecule has 0 radical (unpaired) electrons. The Hall–Kier alpha value is -1.76. The first-order valence-electron chi connectivity index (χ1n) is 18.0. The summed E-state index contributed by atoms with van der Waals surface area (Å²) in [5, 5.41) is 129. The highest BCUT2D eigenvalue weighted by atomic mass is 32.1. The molecule has 0 fully saturated rings. The molecule has 0 aromatic carbocycles. The Morgan fingerprint density at radius 3 is 0.409 bits per heavy atom. The molecule has 0 rings (SSSR count). The third-order valence-corrected chi connectivity index (χ3v) is 7.19. The van der Waals surface area contributed by atoms with Gasteiger partial charge in [-0.1, -0.05) is 0 Å². The maximum absolute atomic E-state index is 9.62. The van der Waals surface area contributed by atoms with E-state index in [-0.39, 0.29) is 25.7 Å². The van der Waals surface area contributed by atoms with Crippen LogP contribution in [0.25, 0.3) is 0 Å². The molecule has 0 aliphatic rings. The van der Waals surface area contributed by atoms with Gasteiger partial charge in [-0.25, -0.2) is 0 Å². The van der Waals surface area contributed by atoms with E-state index in [9.17, 15) is 38.4 Å². The molecule has 0 aliphatic heterocycles. The molecule has 0 aromatic rings. The zero-order valence-electron chi connectivity index (χ0n) is 36.6. The molecule has 4 unspecified atom stereocenters. The van der Waals surface area contributed by atoms with Crippen molar-refractivity contribution in [3.63, 3.8) is 0 Å². The van der Waals surface area contributed by atoms with E-state index in [1.54, 1.807) is 0 Å². The first-order chi connectivity index (χ1) is 30.1. The van der Waals surface area contributed by atoms with Crippen LogP contribution < -0.4 is 0 Å². The fraction of sp³-hybridized carbons (Fsp3) is 0.765. The smallest absolute Gasteiger partial charge is 0.316 e. The molecule has 0 saturated heterocycles. The molecule has 0 aromatic heterocycles. The van der Waals surface area contributed by atoms with Crippen LogP contribution in [0.4, 0.5) is 0 Å². The number of carbonyl (C=O) groups is 8. The monoisotopic (exact) mass is 1120 g/mol. The van der Waals surface area contributed by atoms with Crippen LogP contribution in [-0.2, 0) is 38.4 Å². The Bertz CT molecular complexity index is 986. The van der Waals surface area contributed by atoms with Gasteiger partial charge in [-0.15, -0.1) is 0 Å². The van der Waals surface area contributed by atoms with Gasteiger partial charge in [0.25, 0.3) is 0 Å². The lowest BCUT2D eigenvalue weighted by molar-refractivity contribution is -0.137. The Kier molecular flexibility index (Phi) is 83.7. The zero-order valence-corrected chi connectivity index (χ0v) is 43.8. The minimum Gasteiger partial charge on any atom is -0.481 e. The molecule has 16 N–H and O–H groups in total. The molecule has 0 amide bonds. The van der Waals surface area contributed by atoms with Crippen LogP contribution in [0.2, 0.25) is 0 Å². The molecule has 0 aliphatic carbocycles. The lowest BCUT2D eigenvalue weighted by Crippen LogP contribution is -2.37. The zero-order chi connectivity index (χ0) is 55.2. The number of carboxylic acids is 8. The van der Waals surface area contributed by atoms with Gasteiger partial charge < -0.3 is 81.7 Å². The van der Waals surface area contributed by atoms with Crippen LogP contribution in [0, 0.1) is 10.8 Å². The van der Waals surface area contributed by atoms with E-state index < -0.39 is 132 Å². The predicted molar refractivity (Wildman–Crippen MR) is 270 cm³/mol. The number of thiol groups is 8. The fourth-order valence-electron chi connectivity index (χ4n) is 0.983. The summed E-state index contributed by atoms with van der Waals surface area (Å²) in [5.74, 6) is -4.95. The second kappa shape index (κ2) is 63.2. The van der Waals surface area contributed by atoms with Crippen molar-refractivity contribution in [2.45, 2.75) is 74.4 Å². The third kappa shape index (κ3) is 92.5. The van der Waals surface area contributed by atoms with Gasteiger partial charge >= 0.3 is 47.8 Å². The topological polar surface area (TPSA) is 460 Å². The van der Waals surface area contributed by atoms with Crippen molar-refractivity contribution >= 4 is 149 Å². The summed E-state index contributed by atoms with van der Waals surface area (Å²) < 4.78 is 0. The van der Waals surface area contributed by atoms with E-state index in [1.807, 2.05) is 0 Å². The van der Waals surface area contributed by atoms with Crippen molar-refractivity contribution in [3.8, 4) is 0 Å². The second-order valence-electron chi connectivity index (χ2n) is 11.8. The highest BCUT2D eigenvalue weighted by molar-refractivity contribution is 7.82. The highest BCUT2D eigenvalue weighted by Crippen LogP contribution is 2.12. The van der Waals surface area contributed by atoms with E-state index in [0.29, 0.717) is 23.0 Å². The number of carboxylic acid groups (broad SMARTS) is 8. The van der Waals surface area contributed by atoms with Gasteiger partial charge in [0.15, 0.2) is 0 Å². The number of rotatable bonds is 20. The molecular formula is C34H72O24S8. The fourth-order valence-corrected chi connectivity index (χ4v) is 1.75. The van der Waals surface area contributed by atoms with Gasteiger partial charge in [0.1, 0.15) is 0 Å². The van der Waals surface area contributed by atoms with Crippen molar-refractivity contribution in [2.75, 3.05) is 75.9 Å². The third-order valence-electron chi connectivity index (χ3n) is 5.42. The molecule has 0 spiro atoms. The maximum Gasteiger partial charge on any atom is 0.316 e. The van der Waals surface area contributed by atoms with Crippen molar-refractivity contribution in [3.05, 3.63) is 0 Å². The average molecular weight is 1120 g/mol. The first kappa shape index (κ1) is 87.3. The van der Waals surface area contributed by atoms with Gasteiger partial charge in [0, 0.05) is 23.0 Å². The summed E-state index contributed by atoms with van der Waals surface area (Å²) in [6, 6.07) is 0. The first-order valence-corrected chi connectivity index (χ1v) is 22.6. The predicted octanol–water partition coefficient (Wildman–Crippen LogP) is -0.995. The van der Waals surface area contributed by atoms with Gasteiger partial charge in [-0.3, -0.25) is 38.4 Å². The summed E-state index contributed by atoms with van der Waals surface area (Å²) in [6.45, 7) is 2.77. The van der Waals surface area contributed by atoms with Gasteiger partial charge in [-0.2, -0.15) is 101 Å². The summed E-state index contributed by atoms with van der Waals surface area (Å²) in [7, 11) is 0. The lowest BCUT2D eigenvalue weighted by atomic mass is 9.93. The summed E-state index contributed by atoms with van der Waals surface area (Å²) in [5.41, 5.74) is -2.22. The lowest BCUT2D eigenvalue weighted by Gasteiger charge is -2.23. The number of hydrogen-bond acceptors (Lipinski definition) is 24. The van der Waals surface area contributed by atoms with Gasteiger partial charge in [0.05, 0.1) is 110 Å². The van der Waals surface area contributed by atoms with Crippen molar-refractivity contribution < 1.29 is 120 Å². The molecule has 66 heavy (non-hydrogen) atoms. The van der Waals surface area contributed by atoms with Gasteiger partial charge in [0.2, 0.25) is 0 Å². The Labute approximate surface area is 427 Å². The number of aliphatic carboxylic acids is 8. The Balaban J connectivity index is -0.0000000663. The molecule has 400 valence electrons. The summed E-state index contributed by atoms with van der Waals surface area (Å²) in [6.07, 6.45) is 0.623. The van der Waals surface area contributed by atoms with Crippen molar-refractivity contribution in [1.29, 1.82) is 0 Å². The van der Waals surface area contributed by atoms with E-state index in [0.717, 1.165) is 0 Å². The normalized spacial score (nSPS) is 11.2. The van der Waals surface area contributed by atoms with E-state index in [1.165, 1.54) is 27.7 Å². The molecule has 4 atom stereocenters. The molecule has 0 heterocycles. The molecular weight excluding hydrogens is 1050 g/mol. The van der Waals surface area contributed by atoms with Crippen LogP contribution in [-0.4, -0.2) is 226 Å². The summed E-state index contributed by atoms with van der Waals surface area (Å²) in [4.78, 5) is 76.7. The average Bonchev–Trinajstić information content (AvgIpc) is 3.22. The van der Waals surface area contributed by atoms with Crippen LogP contribution in [0.3, 0.4) is 0 Å². The Morgan fingerprint density at radius 2 is 0.409 bits per heavy atom. The largest absolute Gasteiger partial charge is 0.481 e. The quantitative estimate of drug-likeness (QED) is 0.0651. The van der Waals surface area contributed by atoms with Gasteiger partial charge in [-0.05, 0) is 27.7 Å². The second-order valence-corrected chi connectivity index (χ2v) is 16.7. The number of aliphatic hydroxyl groups is 8. The van der Waals surface area contributed by atoms with E-state index in [2.05, 4.69) is 101 Å². The van der Waals surface area contributed by atoms with Crippen molar-refractivity contribution in [2.24, 2.45) is 10.8 Å². The Morgan fingerprint density at radius 1 is 0.318 bits per heavy atom. The van der Waals surface area contributed by atoms with Crippen molar-refractivity contribution in [1.82, 2.24) is 0 Å². The molecule has 32 heteroatoms. The molecule has 0 saturated carbocycles. The SMILES string of the molecule is CC(S)C(=O)O.CC(S)C(=O)O.CC(S)C(=O)O.CC(S)C(=O)O.O=C(O)CCS.O=C(O)CCS.O=C(O)CCS.O=C(O)CCS.OCC(CO)(CO)CO.OCC(CO)(CO)CO. The minimum absolute atomic E-state index is 0.156. The number of aliphatic hydroxyl groups excluding tert-OH is 8. The van der Waals surface area contributed by atoms with E-state index >= 15 is 0 Å². The summed E-state index contributed by atoms with van der Waals surface area (Å²) >= 11 is 29.1.